The molecular weight excluding hydrogens is 511 g/mol. The highest BCUT2D eigenvalue weighted by atomic mass is 19.1. The average Bonchev–Trinajstić information content (AvgIpc) is 3.46. The van der Waals surface area contributed by atoms with Crippen molar-refractivity contribution in [3.05, 3.63) is 95.6 Å². The first-order valence-electron chi connectivity index (χ1n) is 14.0. The zero-order valence-corrected chi connectivity index (χ0v) is 24.2. The topological polar surface area (TPSA) is 43.1 Å². The Morgan fingerprint density at radius 2 is 1.49 bits per heavy atom. The second-order valence-electron chi connectivity index (χ2n) is 12.4. The number of fused-ring (bicyclic) bond motifs is 6. The Morgan fingerprint density at radius 1 is 0.780 bits per heavy atom. The molecule has 0 atom stereocenters. The van der Waals surface area contributed by atoms with Gasteiger partial charge in [-0.25, -0.2) is 13.9 Å². The van der Waals surface area contributed by atoms with Crippen LogP contribution in [0.4, 0.5) is 4.39 Å². The van der Waals surface area contributed by atoms with Crippen molar-refractivity contribution in [2.75, 3.05) is 0 Å². The maximum atomic E-state index is 15.7. The van der Waals surface area contributed by atoms with Gasteiger partial charge in [-0.2, -0.15) is 0 Å². The summed E-state index contributed by atoms with van der Waals surface area (Å²) in [5, 5.41) is 3.75. The number of benzene rings is 3. The van der Waals surface area contributed by atoms with Crippen molar-refractivity contribution in [2.45, 2.75) is 41.0 Å². The third-order valence-corrected chi connectivity index (χ3v) is 7.94. The van der Waals surface area contributed by atoms with Crippen molar-refractivity contribution in [1.82, 2.24) is 4.98 Å². The lowest BCUT2D eigenvalue weighted by molar-refractivity contribution is -0.660. The molecule has 4 heterocycles. The number of pyridine rings is 2. The third-order valence-electron chi connectivity index (χ3n) is 7.94. The predicted molar refractivity (Wildman–Crippen MR) is 163 cm³/mol. The molecule has 204 valence electrons. The molecule has 0 aliphatic rings. The molecule has 0 aliphatic heterocycles. The summed E-state index contributed by atoms with van der Waals surface area (Å²) < 4.78 is 30.6. The molecule has 0 saturated heterocycles. The van der Waals surface area contributed by atoms with E-state index in [0.717, 1.165) is 56.1 Å². The Hall–Kier alpha value is -4.51. The summed E-state index contributed by atoms with van der Waals surface area (Å²) in [5.41, 5.74) is 9.21. The molecule has 0 spiro atoms. The Kier molecular flexibility index (Phi) is 5.59. The number of hydrogen-bond acceptors (Lipinski definition) is 3. The largest absolute Gasteiger partial charge is 0.454 e. The number of halogens is 1. The minimum Gasteiger partial charge on any atom is -0.454 e. The summed E-state index contributed by atoms with van der Waals surface area (Å²) >= 11 is 0. The number of hydrogen-bond donors (Lipinski definition) is 0. The monoisotopic (exact) mass is 543 g/mol. The zero-order valence-electron chi connectivity index (χ0n) is 24.2. The Bertz CT molecular complexity index is 2160. The highest BCUT2D eigenvalue weighted by Gasteiger charge is 2.25. The van der Waals surface area contributed by atoms with E-state index < -0.39 is 0 Å². The first-order chi connectivity index (χ1) is 19.6. The molecule has 0 saturated carbocycles. The fourth-order valence-electron chi connectivity index (χ4n) is 6.05. The third kappa shape index (κ3) is 4.19. The highest BCUT2D eigenvalue weighted by Crippen LogP contribution is 2.42. The smallest absolute Gasteiger partial charge is 0.227 e. The molecule has 0 unspecified atom stereocenters. The SMILES string of the molecule is Cc1ccc2c(n1)oc1cc(-c3c(F)ccc4c3oc3c(-c5cc(CC(C)(C)C)cc[n+]5C)c(C)ccc34)ccc12. The summed E-state index contributed by atoms with van der Waals surface area (Å²) in [6.07, 6.45) is 3.08. The van der Waals surface area contributed by atoms with Gasteiger partial charge in [0, 0.05) is 39.4 Å². The first kappa shape index (κ1) is 25.5. The van der Waals surface area contributed by atoms with Crippen LogP contribution in [0.3, 0.4) is 0 Å². The molecule has 4 nitrogen and oxygen atoms in total. The summed E-state index contributed by atoms with van der Waals surface area (Å²) in [7, 11) is 2.06. The summed E-state index contributed by atoms with van der Waals surface area (Å²) in [6, 6.07) is 21.8. The summed E-state index contributed by atoms with van der Waals surface area (Å²) in [5.74, 6) is -0.336. The molecule has 0 bridgehead atoms. The van der Waals surface area contributed by atoms with Crippen LogP contribution in [-0.2, 0) is 13.5 Å². The minimum absolute atomic E-state index is 0.167. The van der Waals surface area contributed by atoms with Crippen LogP contribution in [0.25, 0.3) is 66.4 Å². The van der Waals surface area contributed by atoms with E-state index >= 15 is 4.39 Å². The fraction of sp³-hybridized carbons (Fsp3) is 0.222. The Labute approximate surface area is 238 Å². The van der Waals surface area contributed by atoms with Crippen molar-refractivity contribution in [3.63, 3.8) is 0 Å². The molecule has 0 aliphatic carbocycles. The summed E-state index contributed by atoms with van der Waals surface area (Å²) in [6.45, 7) is 10.8. The van der Waals surface area contributed by atoms with E-state index in [2.05, 4.69) is 74.8 Å². The molecule has 5 heteroatoms. The molecule has 3 aromatic carbocycles. The molecule has 7 rings (SSSR count). The van der Waals surface area contributed by atoms with E-state index in [1.807, 2.05) is 43.3 Å². The van der Waals surface area contributed by atoms with Gasteiger partial charge in [-0.05, 0) is 78.8 Å². The molecule has 0 amide bonds. The van der Waals surface area contributed by atoms with Gasteiger partial charge in [0.1, 0.15) is 29.6 Å². The number of furan rings is 2. The van der Waals surface area contributed by atoms with E-state index in [0.29, 0.717) is 28.0 Å². The van der Waals surface area contributed by atoms with Crippen molar-refractivity contribution >= 4 is 44.0 Å². The van der Waals surface area contributed by atoms with Crippen molar-refractivity contribution in [3.8, 4) is 22.4 Å². The maximum absolute atomic E-state index is 15.7. The number of aromatic nitrogens is 2. The lowest BCUT2D eigenvalue weighted by atomic mass is 9.88. The lowest BCUT2D eigenvalue weighted by Crippen LogP contribution is -2.31. The van der Waals surface area contributed by atoms with Gasteiger partial charge in [0.25, 0.3) is 0 Å². The molecule has 41 heavy (non-hydrogen) atoms. The van der Waals surface area contributed by atoms with Gasteiger partial charge in [-0.1, -0.05) is 39.0 Å². The second-order valence-corrected chi connectivity index (χ2v) is 12.4. The van der Waals surface area contributed by atoms with Crippen LogP contribution in [0.5, 0.6) is 0 Å². The van der Waals surface area contributed by atoms with Crippen LogP contribution in [0.2, 0.25) is 0 Å². The van der Waals surface area contributed by atoms with Crippen LogP contribution in [0, 0.1) is 25.1 Å². The van der Waals surface area contributed by atoms with Crippen molar-refractivity contribution < 1.29 is 17.8 Å². The van der Waals surface area contributed by atoms with Gasteiger partial charge in [0.05, 0.1) is 11.1 Å². The molecule has 0 N–H and O–H groups in total. The molecular formula is C36H32FN2O2+. The number of nitrogens with zero attached hydrogens (tertiary/aromatic N) is 2. The van der Waals surface area contributed by atoms with E-state index in [4.69, 9.17) is 8.83 Å². The predicted octanol–water partition coefficient (Wildman–Crippen LogP) is 9.38. The molecule has 0 fully saturated rings. The van der Waals surface area contributed by atoms with E-state index in [-0.39, 0.29) is 11.2 Å². The summed E-state index contributed by atoms with van der Waals surface area (Å²) in [4.78, 5) is 4.53. The van der Waals surface area contributed by atoms with Gasteiger partial charge in [0.2, 0.25) is 11.4 Å². The van der Waals surface area contributed by atoms with Gasteiger partial charge < -0.3 is 8.83 Å². The number of rotatable bonds is 3. The first-order valence-corrected chi connectivity index (χ1v) is 14.0. The standard InChI is InChI=1S/C36H32FN2O2/c1-20-7-10-25-26-13-14-28(37)32(23-9-12-24-27-11-8-21(2)38-35(27)40-30(24)18-23)34(26)41-33(25)31(20)29-17-22(15-16-39(29)6)19-36(3,4)5/h7-18H,19H2,1-6H3/q+1. The van der Waals surface area contributed by atoms with Gasteiger partial charge in [0.15, 0.2) is 6.20 Å². The van der Waals surface area contributed by atoms with E-state index in [1.54, 1.807) is 0 Å². The van der Waals surface area contributed by atoms with Crippen molar-refractivity contribution in [2.24, 2.45) is 12.5 Å². The molecule has 4 aromatic heterocycles. The Morgan fingerprint density at radius 3 is 2.27 bits per heavy atom. The van der Waals surface area contributed by atoms with Gasteiger partial charge in [-0.3, -0.25) is 0 Å². The van der Waals surface area contributed by atoms with Crippen LogP contribution in [0.1, 0.15) is 37.6 Å². The molecule has 7 aromatic rings. The van der Waals surface area contributed by atoms with Crippen LogP contribution in [-0.4, -0.2) is 4.98 Å². The Balaban J connectivity index is 1.46. The van der Waals surface area contributed by atoms with Crippen molar-refractivity contribution in [1.29, 1.82) is 0 Å². The van der Waals surface area contributed by atoms with E-state index in [9.17, 15) is 0 Å². The van der Waals surface area contributed by atoms with E-state index in [1.165, 1.54) is 11.6 Å². The van der Waals surface area contributed by atoms with Crippen LogP contribution >= 0.6 is 0 Å². The quantitative estimate of drug-likeness (QED) is 0.209. The maximum Gasteiger partial charge on any atom is 0.227 e. The van der Waals surface area contributed by atoms with Crippen LogP contribution in [0.15, 0.2) is 81.8 Å². The van der Waals surface area contributed by atoms with Gasteiger partial charge >= 0.3 is 0 Å². The normalized spacial score (nSPS) is 12.4. The fourth-order valence-corrected chi connectivity index (χ4v) is 6.05. The minimum atomic E-state index is -0.336. The highest BCUT2D eigenvalue weighted by molar-refractivity contribution is 6.14. The second kappa shape index (κ2) is 9.00. The van der Waals surface area contributed by atoms with Crippen LogP contribution < -0.4 is 4.57 Å². The zero-order chi connectivity index (χ0) is 28.6. The lowest BCUT2D eigenvalue weighted by Gasteiger charge is -2.18. The van der Waals surface area contributed by atoms with Gasteiger partial charge in [-0.15, -0.1) is 0 Å². The number of aryl methyl sites for hydroxylation is 3. The average molecular weight is 544 g/mol. The molecule has 0 radical (unpaired) electrons.